The van der Waals surface area contributed by atoms with E-state index in [9.17, 15) is 18.7 Å². The Hall–Kier alpha value is -1.33. The summed E-state index contributed by atoms with van der Waals surface area (Å²) in [5, 5.41) is 9.61. The first-order valence-electron chi connectivity index (χ1n) is 6.36. The fourth-order valence-electron chi connectivity index (χ4n) is 2.36. The van der Waals surface area contributed by atoms with Gasteiger partial charge in [-0.15, -0.1) is 0 Å². The van der Waals surface area contributed by atoms with Gasteiger partial charge >= 0.3 is 0 Å². The summed E-state index contributed by atoms with van der Waals surface area (Å²) in [4.78, 5) is 13.8. The van der Waals surface area contributed by atoms with Gasteiger partial charge in [0, 0.05) is 13.1 Å². The maximum atomic E-state index is 13.5. The summed E-state index contributed by atoms with van der Waals surface area (Å²) < 4.78 is 26.5. The zero-order valence-corrected chi connectivity index (χ0v) is 10.8. The van der Waals surface area contributed by atoms with Crippen molar-refractivity contribution in [2.24, 2.45) is 5.92 Å². The third kappa shape index (κ3) is 3.36. The molecule has 1 fully saturated rings. The van der Waals surface area contributed by atoms with Gasteiger partial charge in [-0.2, -0.15) is 0 Å². The van der Waals surface area contributed by atoms with Crippen molar-refractivity contribution in [2.75, 3.05) is 19.6 Å². The van der Waals surface area contributed by atoms with Crippen LogP contribution in [-0.4, -0.2) is 41.5 Å². The zero-order valence-electron chi connectivity index (χ0n) is 10.8. The number of likely N-dealkylation sites (tertiary alicyclic amines) is 1. The first-order chi connectivity index (χ1) is 8.97. The summed E-state index contributed by atoms with van der Waals surface area (Å²) >= 11 is 0. The van der Waals surface area contributed by atoms with Crippen molar-refractivity contribution in [1.29, 1.82) is 0 Å². The fraction of sp³-hybridized carbons (Fsp3) is 0.500. The summed E-state index contributed by atoms with van der Waals surface area (Å²) in [5.41, 5.74) is -0.209. The van der Waals surface area contributed by atoms with Gasteiger partial charge in [0.2, 0.25) is 0 Å². The van der Waals surface area contributed by atoms with Gasteiger partial charge in [0.1, 0.15) is 11.6 Å². The van der Waals surface area contributed by atoms with Crippen LogP contribution < -0.4 is 0 Å². The highest BCUT2D eigenvalue weighted by Gasteiger charge is 2.26. The Labute approximate surface area is 110 Å². The SMILES string of the molecule is CC1CN(CC(=O)c2cc(F)ccc2F)CCC1O. The summed E-state index contributed by atoms with van der Waals surface area (Å²) in [6.07, 6.45) is 0.248. The lowest BCUT2D eigenvalue weighted by Gasteiger charge is -2.33. The van der Waals surface area contributed by atoms with Crippen LogP contribution in [0.1, 0.15) is 23.7 Å². The molecule has 1 aliphatic heterocycles. The average molecular weight is 269 g/mol. The van der Waals surface area contributed by atoms with Crippen LogP contribution in [-0.2, 0) is 0 Å². The largest absolute Gasteiger partial charge is 0.393 e. The van der Waals surface area contributed by atoms with Crippen LogP contribution in [0.4, 0.5) is 8.78 Å². The molecule has 0 amide bonds. The molecule has 0 saturated carbocycles. The maximum absolute atomic E-state index is 13.5. The molecule has 1 aromatic rings. The second-order valence-electron chi connectivity index (χ2n) is 5.12. The average Bonchev–Trinajstić information content (AvgIpc) is 2.36. The number of rotatable bonds is 3. The van der Waals surface area contributed by atoms with E-state index in [1.807, 2.05) is 11.8 Å². The number of halogens is 2. The zero-order chi connectivity index (χ0) is 14.0. The van der Waals surface area contributed by atoms with Crippen LogP contribution in [0.2, 0.25) is 0 Å². The van der Waals surface area contributed by atoms with Crippen molar-refractivity contribution in [3.05, 3.63) is 35.4 Å². The molecule has 1 heterocycles. The predicted octanol–water partition coefficient (Wildman–Crippen LogP) is 1.85. The Balaban J connectivity index is 2.03. The topological polar surface area (TPSA) is 40.5 Å². The van der Waals surface area contributed by atoms with Crippen LogP contribution in [0.3, 0.4) is 0 Å². The summed E-state index contributed by atoms with van der Waals surface area (Å²) in [5.74, 6) is -1.66. The van der Waals surface area contributed by atoms with Gasteiger partial charge in [-0.05, 0) is 30.5 Å². The van der Waals surface area contributed by atoms with Gasteiger partial charge in [0.15, 0.2) is 5.78 Å². The van der Waals surface area contributed by atoms with Gasteiger partial charge in [-0.1, -0.05) is 6.92 Å². The Kier molecular flexibility index (Phi) is 4.27. The van der Waals surface area contributed by atoms with E-state index in [4.69, 9.17) is 0 Å². The highest BCUT2D eigenvalue weighted by molar-refractivity contribution is 5.97. The first-order valence-corrected chi connectivity index (χ1v) is 6.36. The summed E-state index contributed by atoms with van der Waals surface area (Å²) in [7, 11) is 0. The first kappa shape index (κ1) is 14.1. The van der Waals surface area contributed by atoms with Crippen molar-refractivity contribution >= 4 is 5.78 Å². The molecule has 0 aliphatic carbocycles. The molecule has 0 bridgehead atoms. The van der Waals surface area contributed by atoms with Gasteiger partial charge in [0.05, 0.1) is 18.2 Å². The molecule has 2 unspecified atom stereocenters. The van der Waals surface area contributed by atoms with Crippen LogP contribution in [0.5, 0.6) is 0 Å². The van der Waals surface area contributed by atoms with Crippen molar-refractivity contribution in [3.63, 3.8) is 0 Å². The maximum Gasteiger partial charge on any atom is 0.179 e. The number of benzene rings is 1. The molecule has 104 valence electrons. The molecular weight excluding hydrogens is 252 g/mol. The van der Waals surface area contributed by atoms with E-state index in [1.54, 1.807) is 0 Å². The van der Waals surface area contributed by atoms with Crippen molar-refractivity contribution in [3.8, 4) is 0 Å². The minimum Gasteiger partial charge on any atom is -0.393 e. The van der Waals surface area contributed by atoms with Gasteiger partial charge in [-0.3, -0.25) is 9.69 Å². The van der Waals surface area contributed by atoms with E-state index in [1.165, 1.54) is 0 Å². The second kappa shape index (κ2) is 5.75. The molecule has 3 nitrogen and oxygen atoms in total. The molecule has 2 atom stereocenters. The lowest BCUT2D eigenvalue weighted by Crippen LogP contribution is -2.44. The molecule has 19 heavy (non-hydrogen) atoms. The van der Waals surface area contributed by atoms with Crippen LogP contribution >= 0.6 is 0 Å². The van der Waals surface area contributed by atoms with E-state index >= 15 is 0 Å². The van der Waals surface area contributed by atoms with E-state index in [0.29, 0.717) is 19.5 Å². The van der Waals surface area contributed by atoms with Crippen molar-refractivity contribution < 1.29 is 18.7 Å². The molecule has 0 radical (unpaired) electrons. The molecule has 1 aromatic carbocycles. The second-order valence-corrected chi connectivity index (χ2v) is 5.12. The van der Waals surface area contributed by atoms with Crippen LogP contribution in [0, 0.1) is 17.6 Å². The van der Waals surface area contributed by atoms with Crippen LogP contribution in [0.25, 0.3) is 0 Å². The Morgan fingerprint density at radius 3 is 2.89 bits per heavy atom. The quantitative estimate of drug-likeness (QED) is 0.851. The van der Waals surface area contributed by atoms with Crippen molar-refractivity contribution in [1.82, 2.24) is 4.90 Å². The van der Waals surface area contributed by atoms with E-state index in [0.717, 1.165) is 18.2 Å². The lowest BCUT2D eigenvalue weighted by atomic mass is 9.96. The molecule has 1 N–H and O–H groups in total. The molecule has 0 spiro atoms. The molecule has 2 rings (SSSR count). The third-order valence-electron chi connectivity index (χ3n) is 3.54. The Bertz CT molecular complexity index is 479. The van der Waals surface area contributed by atoms with Crippen molar-refractivity contribution in [2.45, 2.75) is 19.4 Å². The molecular formula is C14H17F2NO2. The lowest BCUT2D eigenvalue weighted by molar-refractivity contribution is 0.0343. The fourth-order valence-corrected chi connectivity index (χ4v) is 2.36. The minimum atomic E-state index is -0.698. The Morgan fingerprint density at radius 2 is 2.21 bits per heavy atom. The summed E-state index contributed by atoms with van der Waals surface area (Å²) in [6, 6.07) is 2.89. The van der Waals surface area contributed by atoms with E-state index in [-0.39, 0.29) is 24.1 Å². The number of hydrogen-bond acceptors (Lipinski definition) is 3. The number of hydrogen-bond donors (Lipinski definition) is 1. The number of Topliss-reactive ketones (excluding diaryl/α,β-unsaturated/α-hetero) is 1. The van der Waals surface area contributed by atoms with E-state index in [2.05, 4.69) is 0 Å². The highest BCUT2D eigenvalue weighted by Crippen LogP contribution is 2.18. The van der Waals surface area contributed by atoms with Gasteiger partial charge in [0.25, 0.3) is 0 Å². The predicted molar refractivity (Wildman–Crippen MR) is 66.9 cm³/mol. The monoisotopic (exact) mass is 269 g/mol. The number of carbonyl (C=O) groups is 1. The summed E-state index contributed by atoms with van der Waals surface area (Å²) in [6.45, 7) is 3.14. The molecule has 1 aliphatic rings. The number of aliphatic hydroxyl groups excluding tert-OH is 1. The molecule has 5 heteroatoms. The smallest absolute Gasteiger partial charge is 0.179 e. The number of nitrogens with zero attached hydrogens (tertiary/aromatic N) is 1. The van der Waals surface area contributed by atoms with E-state index < -0.39 is 17.4 Å². The number of piperidine rings is 1. The highest BCUT2D eigenvalue weighted by atomic mass is 19.1. The standard InChI is InChI=1S/C14H17F2NO2/c1-9-7-17(5-4-13(9)18)8-14(19)11-6-10(15)2-3-12(11)16/h2-3,6,9,13,18H,4-5,7-8H2,1H3. The number of aliphatic hydroxyl groups is 1. The molecule has 0 aromatic heterocycles. The van der Waals surface area contributed by atoms with Crippen LogP contribution in [0.15, 0.2) is 18.2 Å². The van der Waals surface area contributed by atoms with Gasteiger partial charge < -0.3 is 5.11 Å². The number of carbonyl (C=O) groups excluding carboxylic acids is 1. The minimum absolute atomic E-state index is 0.0530. The number of ketones is 1. The molecule has 1 saturated heterocycles. The normalized spacial score (nSPS) is 24.4. The van der Waals surface area contributed by atoms with Gasteiger partial charge in [-0.25, -0.2) is 8.78 Å². The Morgan fingerprint density at radius 1 is 1.47 bits per heavy atom. The third-order valence-corrected chi connectivity index (χ3v) is 3.54.